The molecular weight excluding hydrogens is 282 g/mol. The van der Waals surface area contributed by atoms with E-state index in [0.29, 0.717) is 12.2 Å². The Kier molecular flexibility index (Phi) is 5.74. The zero-order chi connectivity index (χ0) is 16.1. The highest BCUT2D eigenvalue weighted by molar-refractivity contribution is 5.94. The number of hydrogen-bond acceptors (Lipinski definition) is 5. The molecule has 0 radical (unpaired) electrons. The average molecular weight is 307 g/mol. The molecule has 122 valence electrons. The maximum Gasteiger partial charge on any atom is 0.253 e. The molecule has 3 atom stereocenters. The number of methoxy groups -OCH3 is 1. The van der Waals surface area contributed by atoms with Crippen molar-refractivity contribution < 1.29 is 14.3 Å². The van der Waals surface area contributed by atoms with Gasteiger partial charge in [-0.05, 0) is 32.9 Å². The Morgan fingerprint density at radius 1 is 1.45 bits per heavy atom. The van der Waals surface area contributed by atoms with Crippen LogP contribution in [-0.2, 0) is 9.47 Å². The van der Waals surface area contributed by atoms with Crippen molar-refractivity contribution in [3.8, 4) is 0 Å². The fourth-order valence-electron chi connectivity index (χ4n) is 2.67. The molecule has 0 saturated carbocycles. The highest BCUT2D eigenvalue weighted by atomic mass is 16.5. The first-order valence-corrected chi connectivity index (χ1v) is 7.66. The van der Waals surface area contributed by atoms with Gasteiger partial charge in [-0.25, -0.2) is 4.98 Å². The van der Waals surface area contributed by atoms with Crippen LogP contribution < -0.4 is 10.2 Å². The van der Waals surface area contributed by atoms with Crippen LogP contribution in [0.3, 0.4) is 0 Å². The molecule has 1 aliphatic heterocycles. The largest absolute Gasteiger partial charge is 0.383 e. The quantitative estimate of drug-likeness (QED) is 0.892. The second-order valence-corrected chi connectivity index (χ2v) is 5.90. The van der Waals surface area contributed by atoms with Crippen molar-refractivity contribution in [2.45, 2.75) is 39.0 Å². The third-order valence-electron chi connectivity index (χ3n) is 3.55. The van der Waals surface area contributed by atoms with E-state index in [9.17, 15) is 4.79 Å². The van der Waals surface area contributed by atoms with E-state index in [2.05, 4.69) is 29.0 Å². The Hall–Kier alpha value is -1.66. The molecule has 0 unspecified atom stereocenters. The number of ether oxygens (including phenoxy) is 2. The molecule has 0 aliphatic carbocycles. The first-order valence-electron chi connectivity index (χ1n) is 7.66. The fourth-order valence-corrected chi connectivity index (χ4v) is 2.67. The molecular formula is C16H25N3O3. The van der Waals surface area contributed by atoms with E-state index in [0.717, 1.165) is 18.9 Å². The third kappa shape index (κ3) is 4.42. The molecule has 1 N–H and O–H groups in total. The summed E-state index contributed by atoms with van der Waals surface area (Å²) in [6.07, 6.45) is 1.99. The summed E-state index contributed by atoms with van der Waals surface area (Å²) in [6.45, 7) is 8.13. The van der Waals surface area contributed by atoms with Crippen LogP contribution in [-0.4, -0.2) is 55.9 Å². The number of nitrogens with zero attached hydrogens (tertiary/aromatic N) is 2. The Morgan fingerprint density at radius 3 is 2.68 bits per heavy atom. The van der Waals surface area contributed by atoms with Crippen LogP contribution in [0, 0.1) is 0 Å². The van der Waals surface area contributed by atoms with Gasteiger partial charge in [-0.1, -0.05) is 0 Å². The molecule has 1 aromatic rings. The first kappa shape index (κ1) is 16.7. The molecule has 1 aromatic heterocycles. The number of morpholine rings is 1. The Morgan fingerprint density at radius 2 is 2.14 bits per heavy atom. The van der Waals surface area contributed by atoms with Gasteiger partial charge in [0.15, 0.2) is 0 Å². The Labute approximate surface area is 131 Å². The van der Waals surface area contributed by atoms with Gasteiger partial charge in [-0.3, -0.25) is 4.79 Å². The van der Waals surface area contributed by atoms with Crippen molar-refractivity contribution in [2.24, 2.45) is 0 Å². The van der Waals surface area contributed by atoms with Crippen molar-refractivity contribution in [3.63, 3.8) is 0 Å². The topological polar surface area (TPSA) is 63.7 Å². The predicted molar refractivity (Wildman–Crippen MR) is 85.3 cm³/mol. The number of hydrogen-bond donors (Lipinski definition) is 1. The van der Waals surface area contributed by atoms with E-state index in [1.807, 2.05) is 19.1 Å². The summed E-state index contributed by atoms with van der Waals surface area (Å²) in [7, 11) is 1.61. The van der Waals surface area contributed by atoms with Crippen molar-refractivity contribution in [3.05, 3.63) is 23.9 Å². The lowest BCUT2D eigenvalue weighted by Crippen LogP contribution is -2.45. The van der Waals surface area contributed by atoms with E-state index in [1.165, 1.54) is 0 Å². The van der Waals surface area contributed by atoms with Crippen LogP contribution in [0.4, 0.5) is 5.82 Å². The second-order valence-electron chi connectivity index (χ2n) is 5.90. The van der Waals surface area contributed by atoms with Crippen LogP contribution in [0.5, 0.6) is 0 Å². The van der Waals surface area contributed by atoms with Gasteiger partial charge in [-0.2, -0.15) is 0 Å². The van der Waals surface area contributed by atoms with Gasteiger partial charge in [0, 0.05) is 32.4 Å². The summed E-state index contributed by atoms with van der Waals surface area (Å²) < 4.78 is 10.7. The molecule has 1 fully saturated rings. The summed E-state index contributed by atoms with van der Waals surface area (Å²) in [6, 6.07) is 3.67. The SMILES string of the molecule is COC[C@H](C)NC(=O)c1ccc(N2C[C@H](C)O[C@@H](C)C2)nc1. The monoisotopic (exact) mass is 307 g/mol. The number of pyridine rings is 1. The molecule has 1 amide bonds. The smallest absolute Gasteiger partial charge is 0.253 e. The van der Waals surface area contributed by atoms with Gasteiger partial charge in [-0.15, -0.1) is 0 Å². The van der Waals surface area contributed by atoms with Gasteiger partial charge < -0.3 is 19.7 Å². The van der Waals surface area contributed by atoms with Crippen LogP contribution in [0.1, 0.15) is 31.1 Å². The highest BCUT2D eigenvalue weighted by Gasteiger charge is 2.23. The normalized spacial score (nSPS) is 23.2. The standard InChI is InChI=1S/C16H25N3O3/c1-11(10-21-4)18-16(20)14-5-6-15(17-7-14)19-8-12(2)22-13(3)9-19/h5-7,11-13H,8-10H2,1-4H3,(H,18,20)/t11-,12-,13-/m0/s1. The Balaban J connectivity index is 1.99. The minimum atomic E-state index is -0.132. The molecule has 0 bridgehead atoms. The maximum atomic E-state index is 12.1. The summed E-state index contributed by atoms with van der Waals surface area (Å²) in [5, 5.41) is 2.87. The summed E-state index contributed by atoms with van der Waals surface area (Å²) in [5.74, 6) is 0.746. The lowest BCUT2D eigenvalue weighted by atomic mass is 10.2. The van der Waals surface area contributed by atoms with Gasteiger partial charge in [0.25, 0.3) is 5.91 Å². The second kappa shape index (κ2) is 7.56. The zero-order valence-electron chi connectivity index (χ0n) is 13.7. The number of carbonyl (C=O) groups is 1. The molecule has 0 spiro atoms. The molecule has 6 nitrogen and oxygen atoms in total. The van der Waals surface area contributed by atoms with Crippen LogP contribution >= 0.6 is 0 Å². The lowest BCUT2D eigenvalue weighted by molar-refractivity contribution is -0.00546. The molecule has 1 saturated heterocycles. The minimum Gasteiger partial charge on any atom is -0.383 e. The molecule has 0 aromatic carbocycles. The summed E-state index contributed by atoms with van der Waals surface area (Å²) in [5.41, 5.74) is 0.557. The first-order chi connectivity index (χ1) is 10.5. The van der Waals surface area contributed by atoms with E-state index < -0.39 is 0 Å². The molecule has 2 rings (SSSR count). The van der Waals surface area contributed by atoms with Crippen molar-refractivity contribution in [1.82, 2.24) is 10.3 Å². The highest BCUT2D eigenvalue weighted by Crippen LogP contribution is 2.18. The number of aromatic nitrogens is 1. The third-order valence-corrected chi connectivity index (χ3v) is 3.55. The fraction of sp³-hybridized carbons (Fsp3) is 0.625. The molecule has 1 aliphatic rings. The molecule has 6 heteroatoms. The van der Waals surface area contributed by atoms with E-state index in [-0.39, 0.29) is 24.2 Å². The van der Waals surface area contributed by atoms with Gasteiger partial charge in [0.05, 0.1) is 24.4 Å². The number of anilines is 1. The molecule has 22 heavy (non-hydrogen) atoms. The number of amides is 1. The number of nitrogens with one attached hydrogen (secondary N) is 1. The van der Waals surface area contributed by atoms with Gasteiger partial charge >= 0.3 is 0 Å². The van der Waals surface area contributed by atoms with Gasteiger partial charge in [0.1, 0.15) is 5.82 Å². The Bertz CT molecular complexity index is 482. The van der Waals surface area contributed by atoms with Crippen LogP contribution in [0.25, 0.3) is 0 Å². The molecule has 2 heterocycles. The van der Waals surface area contributed by atoms with Crippen molar-refractivity contribution in [1.29, 1.82) is 0 Å². The predicted octanol–water partition coefficient (Wildman–Crippen LogP) is 1.46. The van der Waals surface area contributed by atoms with E-state index in [4.69, 9.17) is 9.47 Å². The summed E-state index contributed by atoms with van der Waals surface area (Å²) >= 11 is 0. The van der Waals surface area contributed by atoms with E-state index in [1.54, 1.807) is 13.3 Å². The van der Waals surface area contributed by atoms with Crippen molar-refractivity contribution >= 4 is 11.7 Å². The number of rotatable bonds is 5. The maximum absolute atomic E-state index is 12.1. The summed E-state index contributed by atoms with van der Waals surface area (Å²) in [4.78, 5) is 18.7. The van der Waals surface area contributed by atoms with E-state index >= 15 is 0 Å². The average Bonchev–Trinajstić information content (AvgIpc) is 2.46. The van der Waals surface area contributed by atoms with Crippen molar-refractivity contribution in [2.75, 3.05) is 31.7 Å². The lowest BCUT2D eigenvalue weighted by Gasteiger charge is -2.36. The zero-order valence-corrected chi connectivity index (χ0v) is 13.7. The minimum absolute atomic E-state index is 0.0295. The van der Waals surface area contributed by atoms with Crippen LogP contribution in [0.15, 0.2) is 18.3 Å². The number of carbonyl (C=O) groups excluding carboxylic acids is 1. The van der Waals surface area contributed by atoms with Crippen LogP contribution in [0.2, 0.25) is 0 Å². The van der Waals surface area contributed by atoms with Gasteiger partial charge in [0.2, 0.25) is 0 Å².